The largest absolute Gasteiger partial charge is 0.466 e. The summed E-state index contributed by atoms with van der Waals surface area (Å²) >= 11 is 5.98. The molecule has 0 aliphatic carbocycles. The number of nitrogens with zero attached hydrogens (tertiary/aromatic N) is 1. The smallest absolute Gasteiger partial charge is 0.310 e. The Labute approximate surface area is 182 Å². The Morgan fingerprint density at radius 3 is 2.60 bits per heavy atom. The summed E-state index contributed by atoms with van der Waals surface area (Å²) in [5.41, 5.74) is 8.52. The number of rotatable bonds is 11. The SMILES string of the molecule is CCOC(=O)C(CC(N)Cc1ccc(-c2cc(Cl)ccc2F)cc1)CN(C)CCO. The number of likely N-dealkylation sites (N-methyl/N-ethyl adjacent to an activating group) is 1. The zero-order valence-corrected chi connectivity index (χ0v) is 18.2. The topological polar surface area (TPSA) is 75.8 Å². The van der Waals surface area contributed by atoms with Gasteiger partial charge < -0.3 is 20.5 Å². The molecule has 2 unspecified atom stereocenters. The summed E-state index contributed by atoms with van der Waals surface area (Å²) in [4.78, 5) is 14.2. The van der Waals surface area contributed by atoms with Crippen molar-refractivity contribution in [2.24, 2.45) is 11.7 Å². The highest BCUT2D eigenvalue weighted by Gasteiger charge is 2.24. The molecular formula is C23H30ClFN2O3. The van der Waals surface area contributed by atoms with E-state index in [9.17, 15) is 9.18 Å². The van der Waals surface area contributed by atoms with E-state index in [4.69, 9.17) is 27.2 Å². The van der Waals surface area contributed by atoms with Crippen LogP contribution < -0.4 is 5.73 Å². The molecule has 0 aromatic heterocycles. The number of esters is 1. The number of ether oxygens (including phenoxy) is 1. The summed E-state index contributed by atoms with van der Waals surface area (Å²) in [5.74, 6) is -0.964. The number of halogens is 2. The number of hydrogen-bond acceptors (Lipinski definition) is 5. The second-order valence-corrected chi connectivity index (χ2v) is 7.89. The van der Waals surface area contributed by atoms with Crippen molar-refractivity contribution in [2.75, 3.05) is 33.4 Å². The monoisotopic (exact) mass is 436 g/mol. The molecule has 0 radical (unpaired) electrons. The number of benzene rings is 2. The minimum atomic E-state index is -0.365. The van der Waals surface area contributed by atoms with Gasteiger partial charge in [0.25, 0.3) is 0 Å². The zero-order valence-electron chi connectivity index (χ0n) is 17.5. The van der Waals surface area contributed by atoms with Crippen LogP contribution in [0.15, 0.2) is 42.5 Å². The molecule has 5 nitrogen and oxygen atoms in total. The van der Waals surface area contributed by atoms with Crippen LogP contribution in [0.5, 0.6) is 0 Å². The first kappa shape index (κ1) is 24.3. The molecule has 0 spiro atoms. The molecule has 2 aromatic carbocycles. The fourth-order valence-corrected chi connectivity index (χ4v) is 3.61. The Morgan fingerprint density at radius 1 is 1.27 bits per heavy atom. The maximum absolute atomic E-state index is 14.1. The van der Waals surface area contributed by atoms with E-state index in [-0.39, 0.29) is 30.4 Å². The van der Waals surface area contributed by atoms with Gasteiger partial charge in [-0.1, -0.05) is 35.9 Å². The molecule has 164 valence electrons. The van der Waals surface area contributed by atoms with Crippen molar-refractivity contribution in [1.82, 2.24) is 4.90 Å². The molecule has 0 fully saturated rings. The van der Waals surface area contributed by atoms with E-state index in [1.807, 2.05) is 36.2 Å². The van der Waals surface area contributed by atoms with Gasteiger partial charge in [0, 0.05) is 29.7 Å². The lowest BCUT2D eigenvalue weighted by Crippen LogP contribution is -2.37. The van der Waals surface area contributed by atoms with E-state index in [1.165, 1.54) is 12.1 Å². The third kappa shape index (κ3) is 7.36. The predicted octanol–water partition coefficient (Wildman–Crippen LogP) is 3.51. The highest BCUT2D eigenvalue weighted by atomic mass is 35.5. The van der Waals surface area contributed by atoms with Crippen molar-refractivity contribution in [1.29, 1.82) is 0 Å². The van der Waals surface area contributed by atoms with Crippen LogP contribution >= 0.6 is 11.6 Å². The molecule has 0 heterocycles. The van der Waals surface area contributed by atoms with Gasteiger partial charge in [-0.05, 0) is 56.1 Å². The minimum absolute atomic E-state index is 0.0255. The van der Waals surface area contributed by atoms with E-state index < -0.39 is 0 Å². The van der Waals surface area contributed by atoms with Crippen LogP contribution in [0.2, 0.25) is 5.02 Å². The van der Waals surface area contributed by atoms with E-state index in [0.29, 0.717) is 43.1 Å². The Hall–Kier alpha value is -1.99. The number of nitrogens with two attached hydrogens (primary N) is 1. The number of carbonyl (C=O) groups is 1. The van der Waals surface area contributed by atoms with Crippen LogP contribution in [0, 0.1) is 11.7 Å². The van der Waals surface area contributed by atoms with Crippen LogP contribution in [0.3, 0.4) is 0 Å². The van der Waals surface area contributed by atoms with Crippen LogP contribution in [-0.4, -0.2) is 55.4 Å². The lowest BCUT2D eigenvalue weighted by Gasteiger charge is -2.24. The van der Waals surface area contributed by atoms with Crippen molar-refractivity contribution in [3.8, 4) is 11.1 Å². The van der Waals surface area contributed by atoms with Gasteiger partial charge in [0.15, 0.2) is 0 Å². The van der Waals surface area contributed by atoms with Gasteiger partial charge in [-0.25, -0.2) is 4.39 Å². The highest BCUT2D eigenvalue weighted by molar-refractivity contribution is 6.30. The number of aliphatic hydroxyl groups excluding tert-OH is 1. The quantitative estimate of drug-likeness (QED) is 0.527. The van der Waals surface area contributed by atoms with Gasteiger partial charge in [0.1, 0.15) is 5.82 Å². The molecule has 0 amide bonds. The van der Waals surface area contributed by atoms with Gasteiger partial charge >= 0.3 is 5.97 Å². The average Bonchev–Trinajstić information content (AvgIpc) is 2.70. The third-order valence-corrected chi connectivity index (χ3v) is 5.15. The summed E-state index contributed by atoms with van der Waals surface area (Å²) in [6.45, 7) is 3.07. The molecule has 0 aliphatic rings. The van der Waals surface area contributed by atoms with Gasteiger partial charge in [-0.15, -0.1) is 0 Å². The van der Waals surface area contributed by atoms with Gasteiger partial charge in [-0.2, -0.15) is 0 Å². The van der Waals surface area contributed by atoms with Gasteiger partial charge in [-0.3, -0.25) is 4.79 Å². The molecule has 0 saturated carbocycles. The van der Waals surface area contributed by atoms with Crippen molar-refractivity contribution in [3.05, 3.63) is 58.9 Å². The average molecular weight is 437 g/mol. The van der Waals surface area contributed by atoms with Crippen LogP contribution in [0.4, 0.5) is 4.39 Å². The first-order valence-electron chi connectivity index (χ1n) is 10.1. The van der Waals surface area contributed by atoms with E-state index in [1.54, 1.807) is 13.0 Å². The van der Waals surface area contributed by atoms with Crippen molar-refractivity contribution >= 4 is 17.6 Å². The van der Waals surface area contributed by atoms with E-state index in [2.05, 4.69) is 0 Å². The lowest BCUT2D eigenvalue weighted by molar-refractivity contribution is -0.149. The van der Waals surface area contributed by atoms with Crippen LogP contribution in [-0.2, 0) is 16.0 Å². The zero-order chi connectivity index (χ0) is 22.1. The van der Waals surface area contributed by atoms with Crippen molar-refractivity contribution in [2.45, 2.75) is 25.8 Å². The second kappa shape index (κ2) is 12.0. The molecule has 3 N–H and O–H groups in total. The molecule has 0 aliphatic heterocycles. The lowest BCUT2D eigenvalue weighted by atomic mass is 9.94. The van der Waals surface area contributed by atoms with E-state index in [0.717, 1.165) is 11.1 Å². The normalized spacial score (nSPS) is 13.3. The molecule has 2 atom stereocenters. The minimum Gasteiger partial charge on any atom is -0.466 e. The molecule has 2 rings (SSSR count). The predicted molar refractivity (Wildman–Crippen MR) is 118 cm³/mol. The fraction of sp³-hybridized carbons (Fsp3) is 0.435. The number of carbonyl (C=O) groups excluding carboxylic acids is 1. The first-order chi connectivity index (χ1) is 14.3. The van der Waals surface area contributed by atoms with Crippen molar-refractivity contribution < 1.29 is 19.0 Å². The number of hydrogen-bond donors (Lipinski definition) is 2. The standard InChI is InChI=1S/C23H30ClFN2O3/c1-3-30-23(29)18(15-27(2)10-11-28)13-20(26)12-16-4-6-17(7-5-16)21-14-19(24)8-9-22(21)25/h4-9,14,18,20,28H,3,10-13,15,26H2,1-2H3. The highest BCUT2D eigenvalue weighted by Crippen LogP contribution is 2.26. The molecule has 30 heavy (non-hydrogen) atoms. The van der Waals surface area contributed by atoms with E-state index >= 15 is 0 Å². The third-order valence-electron chi connectivity index (χ3n) is 4.91. The Kier molecular flexibility index (Phi) is 9.72. The van der Waals surface area contributed by atoms with Gasteiger partial charge in [0.05, 0.1) is 19.1 Å². The Bertz CT molecular complexity index is 817. The van der Waals surface area contributed by atoms with Crippen molar-refractivity contribution in [3.63, 3.8) is 0 Å². The summed E-state index contributed by atoms with van der Waals surface area (Å²) in [7, 11) is 1.85. The summed E-state index contributed by atoms with van der Waals surface area (Å²) in [5, 5.41) is 9.57. The molecule has 0 bridgehead atoms. The summed E-state index contributed by atoms with van der Waals surface area (Å²) in [6.07, 6.45) is 1.05. The second-order valence-electron chi connectivity index (χ2n) is 7.46. The molecule has 2 aromatic rings. The fourth-order valence-electron chi connectivity index (χ4n) is 3.43. The number of aliphatic hydroxyl groups is 1. The molecular weight excluding hydrogens is 407 g/mol. The summed E-state index contributed by atoms with van der Waals surface area (Å²) < 4.78 is 19.3. The first-order valence-corrected chi connectivity index (χ1v) is 10.5. The van der Waals surface area contributed by atoms with Crippen LogP contribution in [0.25, 0.3) is 11.1 Å². The maximum atomic E-state index is 14.1. The molecule has 7 heteroatoms. The maximum Gasteiger partial charge on any atom is 0.310 e. The van der Waals surface area contributed by atoms with Gasteiger partial charge in [0.2, 0.25) is 0 Å². The summed E-state index contributed by atoms with van der Waals surface area (Å²) in [6, 6.07) is 11.7. The molecule has 0 saturated heterocycles. The van der Waals surface area contributed by atoms with Crippen LogP contribution in [0.1, 0.15) is 18.9 Å². The Balaban J connectivity index is 2.03. The Morgan fingerprint density at radius 2 is 1.97 bits per heavy atom.